The zero-order valence-electron chi connectivity index (χ0n) is 12.4. The molecule has 1 fully saturated rings. The van der Waals surface area contributed by atoms with Gasteiger partial charge in [0, 0.05) is 23.7 Å². The van der Waals surface area contributed by atoms with Crippen LogP contribution in [0.2, 0.25) is 0 Å². The Morgan fingerprint density at radius 2 is 2.24 bits per heavy atom. The van der Waals surface area contributed by atoms with E-state index in [2.05, 4.69) is 10.6 Å². The van der Waals surface area contributed by atoms with Crippen molar-refractivity contribution >= 4 is 11.6 Å². The molecule has 2 atom stereocenters. The molecular formula is C15H21N3O3. The van der Waals surface area contributed by atoms with Crippen LogP contribution < -0.4 is 10.6 Å². The molecule has 1 aliphatic rings. The lowest BCUT2D eigenvalue weighted by Crippen LogP contribution is -2.44. The van der Waals surface area contributed by atoms with E-state index in [0.29, 0.717) is 17.0 Å². The number of rotatable bonds is 4. The number of hydrogen-bond donors (Lipinski definition) is 2. The summed E-state index contributed by atoms with van der Waals surface area (Å²) in [6.07, 6.45) is 2.20. The van der Waals surface area contributed by atoms with Crippen molar-refractivity contribution in [2.45, 2.75) is 32.7 Å². The number of amides is 1. The van der Waals surface area contributed by atoms with E-state index in [4.69, 9.17) is 0 Å². The summed E-state index contributed by atoms with van der Waals surface area (Å²) in [5.41, 5.74) is 1.01. The van der Waals surface area contributed by atoms with Crippen molar-refractivity contribution in [1.29, 1.82) is 0 Å². The number of nitro benzene ring substituents is 1. The molecule has 1 heterocycles. The highest BCUT2D eigenvalue weighted by atomic mass is 16.6. The van der Waals surface area contributed by atoms with Crippen LogP contribution >= 0.6 is 0 Å². The number of nitro groups is 1. The number of aryl methyl sites for hydroxylation is 1. The van der Waals surface area contributed by atoms with E-state index in [9.17, 15) is 14.9 Å². The van der Waals surface area contributed by atoms with Crippen LogP contribution in [-0.2, 0) is 0 Å². The van der Waals surface area contributed by atoms with E-state index < -0.39 is 4.92 Å². The summed E-state index contributed by atoms with van der Waals surface area (Å²) in [5, 5.41) is 17.1. The maximum atomic E-state index is 12.3. The van der Waals surface area contributed by atoms with Crippen LogP contribution in [0.3, 0.4) is 0 Å². The Hall–Kier alpha value is -1.95. The van der Waals surface area contributed by atoms with Gasteiger partial charge in [-0.3, -0.25) is 14.9 Å². The lowest BCUT2D eigenvalue weighted by molar-refractivity contribution is -0.384. The topological polar surface area (TPSA) is 84.3 Å². The fourth-order valence-electron chi connectivity index (χ4n) is 2.71. The molecule has 1 aliphatic heterocycles. The highest BCUT2D eigenvalue weighted by molar-refractivity contribution is 5.95. The molecule has 1 aromatic rings. The lowest BCUT2D eigenvalue weighted by Gasteiger charge is -2.28. The number of piperidine rings is 1. The van der Waals surface area contributed by atoms with Gasteiger partial charge in [-0.2, -0.15) is 0 Å². The quantitative estimate of drug-likeness (QED) is 0.656. The monoisotopic (exact) mass is 291 g/mol. The minimum atomic E-state index is -0.474. The molecule has 114 valence electrons. The second-order valence-corrected chi connectivity index (χ2v) is 5.68. The van der Waals surface area contributed by atoms with Crippen molar-refractivity contribution in [1.82, 2.24) is 10.6 Å². The predicted molar refractivity (Wildman–Crippen MR) is 80.4 cm³/mol. The largest absolute Gasteiger partial charge is 0.349 e. The van der Waals surface area contributed by atoms with Crippen molar-refractivity contribution < 1.29 is 9.72 Å². The Labute approximate surface area is 124 Å². The van der Waals surface area contributed by atoms with E-state index in [1.165, 1.54) is 12.1 Å². The number of nitrogens with one attached hydrogen (secondary N) is 2. The summed E-state index contributed by atoms with van der Waals surface area (Å²) >= 11 is 0. The third kappa shape index (κ3) is 4.01. The van der Waals surface area contributed by atoms with Crippen LogP contribution in [0.5, 0.6) is 0 Å². The molecule has 1 saturated heterocycles. The summed E-state index contributed by atoms with van der Waals surface area (Å²) in [7, 11) is 0. The fourth-order valence-corrected chi connectivity index (χ4v) is 2.71. The predicted octanol–water partition coefficient (Wildman–Crippen LogP) is 2.02. The zero-order valence-corrected chi connectivity index (χ0v) is 12.4. The van der Waals surface area contributed by atoms with E-state index in [1.807, 2.05) is 6.92 Å². The van der Waals surface area contributed by atoms with Crippen LogP contribution in [-0.4, -0.2) is 30.0 Å². The summed E-state index contributed by atoms with van der Waals surface area (Å²) in [6.45, 7) is 5.66. The highest BCUT2D eigenvalue weighted by Gasteiger charge is 2.22. The summed E-state index contributed by atoms with van der Waals surface area (Å²) in [5.74, 6) is 0.155. The molecule has 2 N–H and O–H groups in total. The first-order valence-corrected chi connectivity index (χ1v) is 7.25. The van der Waals surface area contributed by atoms with Gasteiger partial charge in [0.2, 0.25) is 0 Å². The van der Waals surface area contributed by atoms with Gasteiger partial charge in [-0.15, -0.1) is 0 Å². The van der Waals surface area contributed by atoms with Crippen LogP contribution in [0.15, 0.2) is 18.2 Å². The van der Waals surface area contributed by atoms with Gasteiger partial charge in [-0.25, -0.2) is 0 Å². The molecule has 21 heavy (non-hydrogen) atoms. The van der Waals surface area contributed by atoms with E-state index in [-0.39, 0.29) is 17.6 Å². The molecule has 1 aromatic carbocycles. The molecule has 0 spiro atoms. The normalized spacial score (nSPS) is 19.8. The molecular weight excluding hydrogens is 270 g/mol. The average molecular weight is 291 g/mol. The Bertz CT molecular complexity index is 539. The second kappa shape index (κ2) is 6.67. The molecule has 0 radical (unpaired) electrons. The van der Waals surface area contributed by atoms with Gasteiger partial charge in [0.1, 0.15) is 0 Å². The van der Waals surface area contributed by atoms with Gasteiger partial charge >= 0.3 is 0 Å². The Kier molecular flexibility index (Phi) is 4.90. The van der Waals surface area contributed by atoms with Crippen LogP contribution in [0.1, 0.15) is 35.7 Å². The van der Waals surface area contributed by atoms with Gasteiger partial charge in [-0.1, -0.05) is 0 Å². The van der Waals surface area contributed by atoms with E-state index >= 15 is 0 Å². The molecule has 0 aliphatic carbocycles. The first kappa shape index (κ1) is 15.4. The lowest BCUT2D eigenvalue weighted by atomic mass is 9.92. The minimum absolute atomic E-state index is 0.0462. The highest BCUT2D eigenvalue weighted by Crippen LogP contribution is 2.18. The van der Waals surface area contributed by atoms with Crippen LogP contribution in [0, 0.1) is 23.0 Å². The van der Waals surface area contributed by atoms with Crippen LogP contribution in [0.4, 0.5) is 5.69 Å². The number of hydrogen-bond acceptors (Lipinski definition) is 4. The van der Waals surface area contributed by atoms with Crippen molar-refractivity contribution in [2.75, 3.05) is 13.1 Å². The SMILES string of the molecule is Cc1cc(C(=O)NC(C)C2CCCNC2)cc([N+](=O)[O-])c1. The van der Waals surface area contributed by atoms with Crippen molar-refractivity contribution in [3.63, 3.8) is 0 Å². The molecule has 0 bridgehead atoms. The number of non-ortho nitro benzene ring substituents is 1. The third-order valence-corrected chi connectivity index (χ3v) is 3.94. The van der Waals surface area contributed by atoms with Gasteiger partial charge in [-0.05, 0) is 57.3 Å². The zero-order chi connectivity index (χ0) is 15.4. The van der Waals surface area contributed by atoms with Gasteiger partial charge in [0.25, 0.3) is 11.6 Å². The summed E-state index contributed by atoms with van der Waals surface area (Å²) in [4.78, 5) is 22.7. The second-order valence-electron chi connectivity index (χ2n) is 5.68. The molecule has 1 amide bonds. The van der Waals surface area contributed by atoms with Gasteiger partial charge < -0.3 is 10.6 Å². The van der Waals surface area contributed by atoms with E-state index in [0.717, 1.165) is 25.9 Å². The minimum Gasteiger partial charge on any atom is -0.349 e. The molecule has 0 aromatic heterocycles. The fraction of sp³-hybridized carbons (Fsp3) is 0.533. The molecule has 2 rings (SSSR count). The van der Waals surface area contributed by atoms with Gasteiger partial charge in [0.15, 0.2) is 0 Å². The van der Waals surface area contributed by atoms with Crippen molar-refractivity contribution in [2.24, 2.45) is 5.92 Å². The summed E-state index contributed by atoms with van der Waals surface area (Å²) in [6, 6.07) is 4.51. The third-order valence-electron chi connectivity index (χ3n) is 3.94. The number of benzene rings is 1. The average Bonchev–Trinajstić information content (AvgIpc) is 2.47. The Morgan fingerprint density at radius 3 is 2.86 bits per heavy atom. The molecule has 2 unspecified atom stereocenters. The smallest absolute Gasteiger partial charge is 0.270 e. The summed E-state index contributed by atoms with van der Waals surface area (Å²) < 4.78 is 0. The van der Waals surface area contributed by atoms with Gasteiger partial charge in [0.05, 0.1) is 4.92 Å². The maximum Gasteiger partial charge on any atom is 0.270 e. The Balaban J connectivity index is 2.07. The van der Waals surface area contributed by atoms with Crippen LogP contribution in [0.25, 0.3) is 0 Å². The maximum absolute atomic E-state index is 12.3. The molecule has 6 heteroatoms. The standard InChI is InChI=1S/C15H21N3O3/c1-10-6-13(8-14(7-10)18(20)21)15(19)17-11(2)12-4-3-5-16-9-12/h6-8,11-12,16H,3-5,9H2,1-2H3,(H,17,19). The Morgan fingerprint density at radius 1 is 1.48 bits per heavy atom. The number of carbonyl (C=O) groups excluding carboxylic acids is 1. The number of carbonyl (C=O) groups is 1. The van der Waals surface area contributed by atoms with E-state index in [1.54, 1.807) is 13.0 Å². The molecule has 6 nitrogen and oxygen atoms in total. The number of nitrogens with zero attached hydrogens (tertiary/aromatic N) is 1. The molecule has 0 saturated carbocycles. The van der Waals surface area contributed by atoms with Crippen molar-refractivity contribution in [3.8, 4) is 0 Å². The first-order chi connectivity index (χ1) is 9.97. The first-order valence-electron chi connectivity index (χ1n) is 7.25. The van der Waals surface area contributed by atoms with Crippen molar-refractivity contribution in [3.05, 3.63) is 39.4 Å².